The number of rotatable bonds is 5. The van der Waals surface area contributed by atoms with Crippen molar-refractivity contribution in [1.82, 2.24) is 20.4 Å². The summed E-state index contributed by atoms with van der Waals surface area (Å²) >= 11 is 0. The summed E-state index contributed by atoms with van der Waals surface area (Å²) in [5, 5.41) is 19.2. The molecule has 0 saturated heterocycles. The number of hydrogen-bond acceptors (Lipinski definition) is 4. The van der Waals surface area contributed by atoms with Crippen molar-refractivity contribution in [3.63, 3.8) is 0 Å². The van der Waals surface area contributed by atoms with E-state index in [1.807, 2.05) is 0 Å². The van der Waals surface area contributed by atoms with Crippen LogP contribution in [0.4, 0.5) is 13.2 Å². The standard InChI is InChI=1S/C21H25F3N4O3/c1-12(13-4-3-5-14(10-13)21(22,23)24)28-18(11-17(27-28)19(30)25-2)20(31)26-15-6-8-16(29)9-7-15/h3-5,10-12,15-16,29H,6-9H2,1-2H3,(H,25,30)(H,26,31)/t12-,15-,16-/m0/s1. The zero-order valence-electron chi connectivity index (χ0n) is 17.2. The first-order valence-corrected chi connectivity index (χ1v) is 10.1. The van der Waals surface area contributed by atoms with E-state index in [4.69, 9.17) is 0 Å². The molecule has 1 aliphatic carbocycles. The summed E-state index contributed by atoms with van der Waals surface area (Å²) in [4.78, 5) is 25.0. The largest absolute Gasteiger partial charge is 0.416 e. The minimum atomic E-state index is -4.50. The van der Waals surface area contributed by atoms with Crippen LogP contribution in [0.5, 0.6) is 0 Å². The predicted octanol–water partition coefficient (Wildman–Crippen LogP) is 2.90. The lowest BCUT2D eigenvalue weighted by atomic mass is 9.93. The summed E-state index contributed by atoms with van der Waals surface area (Å²) in [5.41, 5.74) is -0.432. The molecule has 0 bridgehead atoms. The van der Waals surface area contributed by atoms with Crippen LogP contribution in [0.1, 0.15) is 70.8 Å². The molecule has 1 fully saturated rings. The smallest absolute Gasteiger partial charge is 0.393 e. The Hall–Kier alpha value is -2.88. The van der Waals surface area contributed by atoms with Crippen molar-refractivity contribution in [3.05, 3.63) is 52.8 Å². The summed E-state index contributed by atoms with van der Waals surface area (Å²) in [6.07, 6.45) is -2.49. The van der Waals surface area contributed by atoms with Crippen molar-refractivity contribution in [1.29, 1.82) is 0 Å². The molecule has 1 heterocycles. The molecule has 3 N–H and O–H groups in total. The number of aromatic nitrogens is 2. The topological polar surface area (TPSA) is 96.3 Å². The fourth-order valence-electron chi connectivity index (χ4n) is 3.69. The zero-order chi connectivity index (χ0) is 22.8. The summed E-state index contributed by atoms with van der Waals surface area (Å²) < 4.78 is 40.7. The van der Waals surface area contributed by atoms with Gasteiger partial charge in [0.25, 0.3) is 11.8 Å². The number of nitrogens with one attached hydrogen (secondary N) is 2. The first kappa shape index (κ1) is 22.8. The Bertz CT molecular complexity index is 950. The lowest BCUT2D eigenvalue weighted by Crippen LogP contribution is -2.39. The van der Waals surface area contributed by atoms with Crippen molar-refractivity contribution >= 4 is 11.8 Å². The Labute approximate surface area is 177 Å². The molecule has 1 atom stereocenters. The second kappa shape index (κ2) is 9.09. The van der Waals surface area contributed by atoms with Crippen molar-refractivity contribution in [2.24, 2.45) is 0 Å². The maximum absolute atomic E-state index is 13.1. The number of aliphatic hydroxyl groups is 1. The third kappa shape index (κ3) is 5.25. The molecule has 0 spiro atoms. The fourth-order valence-corrected chi connectivity index (χ4v) is 3.69. The average molecular weight is 438 g/mol. The number of amides is 2. The molecule has 2 aromatic rings. The van der Waals surface area contributed by atoms with Gasteiger partial charge >= 0.3 is 6.18 Å². The van der Waals surface area contributed by atoms with Gasteiger partial charge in [-0.25, -0.2) is 0 Å². The number of aliphatic hydroxyl groups excluding tert-OH is 1. The van der Waals surface area contributed by atoms with E-state index in [0.717, 1.165) is 12.1 Å². The number of hydrogen-bond donors (Lipinski definition) is 3. The van der Waals surface area contributed by atoms with E-state index in [2.05, 4.69) is 15.7 Å². The van der Waals surface area contributed by atoms with Crippen LogP contribution in [0.25, 0.3) is 0 Å². The summed E-state index contributed by atoms with van der Waals surface area (Å²) in [7, 11) is 1.42. The molecule has 1 saturated carbocycles. The Morgan fingerprint density at radius 3 is 2.45 bits per heavy atom. The predicted molar refractivity (Wildman–Crippen MR) is 107 cm³/mol. The first-order chi connectivity index (χ1) is 14.6. The molecule has 3 rings (SSSR count). The van der Waals surface area contributed by atoms with Gasteiger partial charge in [0.2, 0.25) is 0 Å². The third-order valence-corrected chi connectivity index (χ3v) is 5.52. The van der Waals surface area contributed by atoms with Crippen LogP contribution in [-0.2, 0) is 6.18 Å². The van der Waals surface area contributed by atoms with E-state index >= 15 is 0 Å². The van der Waals surface area contributed by atoms with Crippen LogP contribution in [-0.4, -0.2) is 45.9 Å². The van der Waals surface area contributed by atoms with E-state index in [9.17, 15) is 27.9 Å². The molecular formula is C21H25F3N4O3. The molecule has 1 aromatic carbocycles. The molecule has 0 radical (unpaired) electrons. The quantitative estimate of drug-likeness (QED) is 0.669. The van der Waals surface area contributed by atoms with E-state index in [1.54, 1.807) is 6.92 Å². The number of nitrogens with zero attached hydrogens (tertiary/aromatic N) is 2. The normalized spacial score (nSPS) is 20.2. The summed E-state index contributed by atoms with van der Waals surface area (Å²) in [6, 6.07) is 5.27. The number of alkyl halides is 3. The van der Waals surface area contributed by atoms with Gasteiger partial charge in [0, 0.05) is 19.2 Å². The van der Waals surface area contributed by atoms with Crippen molar-refractivity contribution in [2.45, 2.75) is 57.0 Å². The number of carbonyl (C=O) groups excluding carboxylic acids is 2. The van der Waals surface area contributed by atoms with Crippen LogP contribution in [0, 0.1) is 0 Å². The minimum absolute atomic E-state index is 0.00876. The monoisotopic (exact) mass is 438 g/mol. The maximum Gasteiger partial charge on any atom is 0.416 e. The van der Waals surface area contributed by atoms with Crippen molar-refractivity contribution < 1.29 is 27.9 Å². The highest BCUT2D eigenvalue weighted by molar-refractivity contribution is 5.98. The highest BCUT2D eigenvalue weighted by Crippen LogP contribution is 2.31. The maximum atomic E-state index is 13.1. The Balaban J connectivity index is 1.92. The average Bonchev–Trinajstić information content (AvgIpc) is 3.19. The minimum Gasteiger partial charge on any atom is -0.393 e. The Morgan fingerprint density at radius 1 is 1.16 bits per heavy atom. The van der Waals surface area contributed by atoms with Crippen LogP contribution in [0.3, 0.4) is 0 Å². The van der Waals surface area contributed by atoms with Gasteiger partial charge in [0.05, 0.1) is 17.7 Å². The van der Waals surface area contributed by atoms with Gasteiger partial charge in [-0.15, -0.1) is 0 Å². The molecule has 2 amide bonds. The lowest BCUT2D eigenvalue weighted by molar-refractivity contribution is -0.137. The molecule has 0 unspecified atom stereocenters. The van der Waals surface area contributed by atoms with Gasteiger partial charge in [0.15, 0.2) is 5.69 Å². The van der Waals surface area contributed by atoms with Gasteiger partial charge in [0.1, 0.15) is 5.69 Å². The number of benzene rings is 1. The Morgan fingerprint density at radius 2 is 1.84 bits per heavy atom. The molecule has 0 aliphatic heterocycles. The van der Waals surface area contributed by atoms with Gasteiger partial charge in [-0.1, -0.05) is 12.1 Å². The summed E-state index contributed by atoms with van der Waals surface area (Å²) in [6.45, 7) is 1.61. The Kier molecular flexibility index (Phi) is 6.68. The van der Waals surface area contributed by atoms with Crippen molar-refractivity contribution in [2.75, 3.05) is 7.05 Å². The highest BCUT2D eigenvalue weighted by Gasteiger charge is 2.32. The SMILES string of the molecule is CNC(=O)c1cc(C(=O)N[C@H]2CC[C@H](O)CC2)n([C@@H](C)c2cccc(C(F)(F)F)c2)n1. The van der Waals surface area contributed by atoms with Crippen LogP contribution in [0.15, 0.2) is 30.3 Å². The molecule has 10 heteroatoms. The number of halogens is 3. The first-order valence-electron chi connectivity index (χ1n) is 10.1. The molecular weight excluding hydrogens is 413 g/mol. The van der Waals surface area contributed by atoms with E-state index in [-0.39, 0.29) is 23.5 Å². The second-order valence-corrected chi connectivity index (χ2v) is 7.72. The molecule has 1 aromatic heterocycles. The molecule has 7 nitrogen and oxygen atoms in total. The van der Waals surface area contributed by atoms with Gasteiger partial charge in [-0.2, -0.15) is 18.3 Å². The van der Waals surface area contributed by atoms with Crippen LogP contribution >= 0.6 is 0 Å². The van der Waals surface area contributed by atoms with Crippen molar-refractivity contribution in [3.8, 4) is 0 Å². The van der Waals surface area contributed by atoms with E-state index in [0.29, 0.717) is 31.2 Å². The highest BCUT2D eigenvalue weighted by atomic mass is 19.4. The third-order valence-electron chi connectivity index (χ3n) is 5.52. The van der Waals surface area contributed by atoms with Gasteiger partial charge in [-0.3, -0.25) is 14.3 Å². The second-order valence-electron chi connectivity index (χ2n) is 7.72. The van der Waals surface area contributed by atoms with Gasteiger partial charge < -0.3 is 15.7 Å². The van der Waals surface area contributed by atoms with Crippen LogP contribution < -0.4 is 10.6 Å². The summed E-state index contributed by atoms with van der Waals surface area (Å²) in [5.74, 6) is -0.979. The lowest BCUT2D eigenvalue weighted by Gasteiger charge is -2.26. The fraction of sp³-hybridized carbons (Fsp3) is 0.476. The van der Waals surface area contributed by atoms with E-state index < -0.39 is 29.6 Å². The molecule has 31 heavy (non-hydrogen) atoms. The van der Waals surface area contributed by atoms with Crippen LogP contribution in [0.2, 0.25) is 0 Å². The van der Waals surface area contributed by atoms with E-state index in [1.165, 1.54) is 29.9 Å². The molecule has 1 aliphatic rings. The zero-order valence-corrected chi connectivity index (χ0v) is 17.2. The number of carbonyl (C=O) groups is 2. The van der Waals surface area contributed by atoms with Gasteiger partial charge in [-0.05, 0) is 50.3 Å². The molecule has 168 valence electrons.